The predicted octanol–water partition coefficient (Wildman–Crippen LogP) is 3.28. The van der Waals surface area contributed by atoms with Crippen molar-refractivity contribution in [3.63, 3.8) is 0 Å². The van der Waals surface area contributed by atoms with Gasteiger partial charge in [-0.1, -0.05) is 18.6 Å². The molecular weight excluding hydrogens is 250 g/mol. The average molecular weight is 273 g/mol. The number of likely N-dealkylation sites (tertiary alicyclic amines) is 1. The van der Waals surface area contributed by atoms with Crippen molar-refractivity contribution in [2.75, 3.05) is 13.1 Å². The van der Waals surface area contributed by atoms with Gasteiger partial charge in [0.1, 0.15) is 11.9 Å². The van der Waals surface area contributed by atoms with E-state index in [0.29, 0.717) is 11.6 Å². The second-order valence-electron chi connectivity index (χ2n) is 5.91. The van der Waals surface area contributed by atoms with Gasteiger partial charge in [-0.25, -0.2) is 0 Å². The molecule has 1 saturated heterocycles. The average Bonchev–Trinajstić information content (AvgIpc) is 3.02. The van der Waals surface area contributed by atoms with E-state index in [4.69, 9.17) is 4.74 Å². The molecule has 3 nitrogen and oxygen atoms in total. The quantitative estimate of drug-likeness (QED) is 0.788. The lowest BCUT2D eigenvalue weighted by atomic mass is 9.91. The summed E-state index contributed by atoms with van der Waals surface area (Å²) in [6, 6.07) is 8.10. The summed E-state index contributed by atoms with van der Waals surface area (Å²) >= 11 is 0. The highest BCUT2D eigenvalue weighted by Gasteiger charge is 2.33. The lowest BCUT2D eigenvalue weighted by Crippen LogP contribution is -2.46. The van der Waals surface area contributed by atoms with E-state index in [-0.39, 0.29) is 6.10 Å². The highest BCUT2D eigenvalue weighted by Crippen LogP contribution is 2.30. The monoisotopic (exact) mass is 273 g/mol. The smallest absolute Gasteiger partial charge is 0.153 e. The first-order valence-electron chi connectivity index (χ1n) is 7.83. The van der Waals surface area contributed by atoms with Crippen LogP contribution < -0.4 is 4.74 Å². The summed E-state index contributed by atoms with van der Waals surface area (Å²) in [4.78, 5) is 13.7. The lowest BCUT2D eigenvalue weighted by molar-refractivity contribution is 0.0480. The topological polar surface area (TPSA) is 29.5 Å². The van der Waals surface area contributed by atoms with Gasteiger partial charge >= 0.3 is 0 Å². The van der Waals surface area contributed by atoms with E-state index in [1.165, 1.54) is 45.2 Å². The Balaban J connectivity index is 1.74. The summed E-state index contributed by atoms with van der Waals surface area (Å²) in [6.45, 7) is 2.42. The second kappa shape index (κ2) is 6.40. The number of carbonyl (C=O) groups excluding carboxylic acids is 1. The summed E-state index contributed by atoms with van der Waals surface area (Å²) in [6.07, 6.45) is 8.63. The van der Waals surface area contributed by atoms with Crippen molar-refractivity contribution in [3.05, 3.63) is 29.8 Å². The van der Waals surface area contributed by atoms with Crippen LogP contribution in [0.5, 0.6) is 5.75 Å². The Bertz CT molecular complexity index is 454. The van der Waals surface area contributed by atoms with Crippen molar-refractivity contribution >= 4 is 6.29 Å². The highest BCUT2D eigenvalue weighted by molar-refractivity contribution is 5.79. The molecule has 2 unspecified atom stereocenters. The maximum atomic E-state index is 11.1. The van der Waals surface area contributed by atoms with Crippen LogP contribution in [-0.4, -0.2) is 36.4 Å². The van der Waals surface area contributed by atoms with Crippen molar-refractivity contribution in [2.45, 2.75) is 50.7 Å². The summed E-state index contributed by atoms with van der Waals surface area (Å²) in [5, 5.41) is 0. The molecule has 1 aromatic rings. The number of hydrogen-bond acceptors (Lipinski definition) is 3. The molecule has 0 radical (unpaired) electrons. The molecule has 20 heavy (non-hydrogen) atoms. The van der Waals surface area contributed by atoms with Gasteiger partial charge in [-0.3, -0.25) is 9.69 Å². The van der Waals surface area contributed by atoms with Crippen molar-refractivity contribution in [1.29, 1.82) is 0 Å². The fourth-order valence-electron chi connectivity index (χ4n) is 3.55. The van der Waals surface area contributed by atoms with Gasteiger partial charge in [0.25, 0.3) is 0 Å². The molecule has 0 bridgehead atoms. The molecular formula is C17H23NO2. The molecule has 1 aliphatic heterocycles. The van der Waals surface area contributed by atoms with Crippen LogP contribution >= 0.6 is 0 Å². The molecule has 3 rings (SSSR count). The van der Waals surface area contributed by atoms with Crippen molar-refractivity contribution in [1.82, 2.24) is 4.90 Å². The summed E-state index contributed by atoms with van der Waals surface area (Å²) in [5.41, 5.74) is 0.665. The fourth-order valence-corrected chi connectivity index (χ4v) is 3.55. The third-order valence-electron chi connectivity index (χ3n) is 4.60. The molecule has 1 aromatic carbocycles. The molecule has 0 aromatic heterocycles. The molecule has 2 fully saturated rings. The van der Waals surface area contributed by atoms with Gasteiger partial charge in [-0.15, -0.1) is 0 Å². The first-order valence-corrected chi connectivity index (χ1v) is 7.83. The minimum absolute atomic E-state index is 0.239. The zero-order valence-electron chi connectivity index (χ0n) is 12.0. The number of aldehydes is 1. The van der Waals surface area contributed by atoms with Gasteiger partial charge in [0.15, 0.2) is 6.29 Å². The fraction of sp³-hybridized carbons (Fsp3) is 0.588. The lowest BCUT2D eigenvalue weighted by Gasteiger charge is -2.38. The molecule has 1 aliphatic carbocycles. The standard InChI is InChI=1S/C17H23NO2/c19-13-14-7-1-3-9-16(14)20-17-10-4-2-8-15(17)18-11-5-6-12-18/h1,3,7,9,13,15,17H,2,4-6,8,10-12H2. The molecule has 1 heterocycles. The van der Waals surface area contributed by atoms with Crippen LogP contribution in [0.15, 0.2) is 24.3 Å². The number of nitrogens with zero attached hydrogens (tertiary/aromatic N) is 1. The molecule has 0 N–H and O–H groups in total. The molecule has 1 saturated carbocycles. The van der Waals surface area contributed by atoms with Crippen LogP contribution in [0.3, 0.4) is 0 Å². The molecule has 0 amide bonds. The van der Waals surface area contributed by atoms with Gasteiger partial charge < -0.3 is 4.74 Å². The number of hydrogen-bond donors (Lipinski definition) is 0. The third-order valence-corrected chi connectivity index (χ3v) is 4.60. The van der Waals surface area contributed by atoms with E-state index in [2.05, 4.69) is 4.90 Å². The molecule has 2 atom stereocenters. The normalized spacial score (nSPS) is 27.4. The largest absolute Gasteiger partial charge is 0.488 e. The highest BCUT2D eigenvalue weighted by atomic mass is 16.5. The third kappa shape index (κ3) is 2.88. The Kier molecular flexibility index (Phi) is 4.36. The van der Waals surface area contributed by atoms with E-state index < -0.39 is 0 Å². The van der Waals surface area contributed by atoms with Crippen LogP contribution in [0.2, 0.25) is 0 Å². The van der Waals surface area contributed by atoms with Gasteiger partial charge in [0.2, 0.25) is 0 Å². The van der Waals surface area contributed by atoms with E-state index in [1.54, 1.807) is 0 Å². The van der Waals surface area contributed by atoms with E-state index in [1.807, 2.05) is 24.3 Å². The predicted molar refractivity (Wildman–Crippen MR) is 79.3 cm³/mol. The Morgan fingerprint density at radius 1 is 1.05 bits per heavy atom. The zero-order valence-corrected chi connectivity index (χ0v) is 12.0. The minimum Gasteiger partial charge on any atom is -0.488 e. The SMILES string of the molecule is O=Cc1ccccc1OC1CCCCC1N1CCCC1. The van der Waals surface area contributed by atoms with E-state index >= 15 is 0 Å². The maximum absolute atomic E-state index is 11.1. The minimum atomic E-state index is 0.239. The Morgan fingerprint density at radius 3 is 2.60 bits per heavy atom. The van der Waals surface area contributed by atoms with E-state index in [0.717, 1.165) is 18.5 Å². The summed E-state index contributed by atoms with van der Waals surface area (Å²) in [5.74, 6) is 0.749. The molecule has 0 spiro atoms. The Hall–Kier alpha value is -1.35. The number of para-hydroxylation sites is 1. The first-order chi connectivity index (χ1) is 9.88. The maximum Gasteiger partial charge on any atom is 0.153 e. The summed E-state index contributed by atoms with van der Waals surface area (Å²) in [7, 11) is 0. The van der Waals surface area contributed by atoms with Crippen LogP contribution in [-0.2, 0) is 0 Å². The van der Waals surface area contributed by atoms with Gasteiger partial charge in [0, 0.05) is 6.04 Å². The van der Waals surface area contributed by atoms with Crippen LogP contribution in [0, 0.1) is 0 Å². The van der Waals surface area contributed by atoms with Crippen molar-refractivity contribution in [3.8, 4) is 5.75 Å². The van der Waals surface area contributed by atoms with Crippen molar-refractivity contribution < 1.29 is 9.53 Å². The molecule has 3 heteroatoms. The first kappa shape index (κ1) is 13.6. The van der Waals surface area contributed by atoms with Crippen molar-refractivity contribution in [2.24, 2.45) is 0 Å². The van der Waals surface area contributed by atoms with Gasteiger partial charge in [-0.05, 0) is 57.3 Å². The number of ether oxygens (including phenoxy) is 1. The van der Waals surface area contributed by atoms with Gasteiger partial charge in [0.05, 0.1) is 5.56 Å². The molecule has 108 valence electrons. The van der Waals surface area contributed by atoms with E-state index in [9.17, 15) is 4.79 Å². The Morgan fingerprint density at radius 2 is 1.80 bits per heavy atom. The Labute approximate surface area is 120 Å². The number of benzene rings is 1. The van der Waals surface area contributed by atoms with Crippen LogP contribution in [0.4, 0.5) is 0 Å². The van der Waals surface area contributed by atoms with Crippen LogP contribution in [0.25, 0.3) is 0 Å². The molecule has 2 aliphatic rings. The second-order valence-corrected chi connectivity index (χ2v) is 5.91. The van der Waals surface area contributed by atoms with Gasteiger partial charge in [-0.2, -0.15) is 0 Å². The zero-order chi connectivity index (χ0) is 13.8. The number of carbonyl (C=O) groups is 1. The number of rotatable bonds is 4. The summed E-state index contributed by atoms with van der Waals surface area (Å²) < 4.78 is 6.23. The van der Waals surface area contributed by atoms with Crippen LogP contribution in [0.1, 0.15) is 48.9 Å².